The molecule has 0 spiro atoms. The Balaban J connectivity index is 0.000000360. The first-order valence-electron chi connectivity index (χ1n) is 8.17. The Kier molecular flexibility index (Phi) is 13.9. The first kappa shape index (κ1) is 21.6. The van der Waals surface area contributed by atoms with E-state index < -0.39 is 0 Å². The minimum absolute atomic E-state index is 0.238. The Morgan fingerprint density at radius 1 is 0.864 bits per heavy atom. The first-order chi connectivity index (χ1) is 10.6. The molecule has 0 atom stereocenters. The van der Waals surface area contributed by atoms with Crippen molar-refractivity contribution in [2.24, 2.45) is 0 Å². The molecule has 0 aromatic carbocycles. The second kappa shape index (κ2) is 14.2. The van der Waals surface area contributed by atoms with E-state index in [2.05, 4.69) is 9.80 Å². The maximum Gasteiger partial charge on any atom is 0.143 e. The molecule has 2 aliphatic heterocycles. The molecule has 0 aliphatic carbocycles. The van der Waals surface area contributed by atoms with Crippen LogP contribution >= 0.6 is 11.8 Å². The molecule has 2 rings (SSSR count). The number of Topliss-reactive ketones (excluding diaryl/α,β-unsaturated/α-hetero) is 2. The van der Waals surface area contributed by atoms with Crippen LogP contribution in [0.5, 0.6) is 0 Å². The highest BCUT2D eigenvalue weighted by molar-refractivity contribution is 7.99. The van der Waals surface area contributed by atoms with E-state index in [-0.39, 0.29) is 11.6 Å². The van der Waals surface area contributed by atoms with E-state index in [0.29, 0.717) is 13.1 Å². The predicted octanol–water partition coefficient (Wildman–Crippen LogP) is 1.56. The quantitative estimate of drug-likeness (QED) is 0.779. The number of carbonyl (C=O) groups excluding carboxylic acids is 2. The average Bonchev–Trinajstić information content (AvgIpc) is 2.51. The normalized spacial score (nSPS) is 19.3. The summed E-state index contributed by atoms with van der Waals surface area (Å²) in [4.78, 5) is 25.6. The third-order valence-electron chi connectivity index (χ3n) is 3.10. The molecule has 0 bridgehead atoms. The maximum atomic E-state index is 10.7. The Morgan fingerprint density at radius 3 is 1.68 bits per heavy atom. The van der Waals surface area contributed by atoms with Crippen molar-refractivity contribution in [1.82, 2.24) is 9.80 Å². The fourth-order valence-corrected chi connectivity index (χ4v) is 3.13. The lowest BCUT2D eigenvalue weighted by atomic mass is 10.3. The molecule has 0 amide bonds. The van der Waals surface area contributed by atoms with Crippen LogP contribution in [0.2, 0.25) is 0 Å². The lowest BCUT2D eigenvalue weighted by molar-refractivity contribution is -0.119. The van der Waals surface area contributed by atoms with Crippen molar-refractivity contribution in [3.63, 3.8) is 0 Å². The summed E-state index contributed by atoms with van der Waals surface area (Å²) in [5.41, 5.74) is 0. The third-order valence-corrected chi connectivity index (χ3v) is 4.04. The molecule has 0 aromatic heterocycles. The number of hydrogen-bond donors (Lipinski definition) is 0. The van der Waals surface area contributed by atoms with Crippen molar-refractivity contribution in [3.8, 4) is 0 Å². The SMILES string of the molecule is CC.CC(=O)CN1CCOCC1.CC(=O)CN1CCSCC1. The molecular formula is C16H32N2O3S. The Morgan fingerprint density at radius 2 is 1.27 bits per heavy atom. The van der Waals surface area contributed by atoms with Gasteiger partial charge >= 0.3 is 0 Å². The van der Waals surface area contributed by atoms with Gasteiger partial charge in [-0.2, -0.15) is 11.8 Å². The number of thioether (sulfide) groups is 1. The Bertz CT molecular complexity index is 272. The van der Waals surface area contributed by atoms with Gasteiger partial charge < -0.3 is 4.74 Å². The van der Waals surface area contributed by atoms with Gasteiger partial charge in [0, 0.05) is 37.7 Å². The van der Waals surface area contributed by atoms with Crippen molar-refractivity contribution in [2.75, 3.05) is 64.0 Å². The standard InChI is InChI=1S/C7H13NO2.C7H13NOS.C2H6/c2*1-7(9)6-8-2-4-10-5-3-8;1-2/h2*2-6H2,1H3;1-2H3. The van der Waals surface area contributed by atoms with E-state index in [1.807, 2.05) is 25.6 Å². The van der Waals surface area contributed by atoms with Crippen LogP contribution in [-0.4, -0.2) is 85.4 Å². The summed E-state index contributed by atoms with van der Waals surface area (Å²) in [6.07, 6.45) is 0. The number of hydrogen-bond acceptors (Lipinski definition) is 6. The number of nitrogens with zero attached hydrogens (tertiary/aromatic N) is 2. The van der Waals surface area contributed by atoms with Gasteiger partial charge in [0.2, 0.25) is 0 Å². The maximum absolute atomic E-state index is 10.7. The molecule has 0 unspecified atom stereocenters. The Labute approximate surface area is 139 Å². The van der Waals surface area contributed by atoms with Crippen molar-refractivity contribution in [1.29, 1.82) is 0 Å². The van der Waals surface area contributed by atoms with Crippen LogP contribution in [0, 0.1) is 0 Å². The van der Waals surface area contributed by atoms with Crippen LogP contribution in [0.15, 0.2) is 0 Å². The van der Waals surface area contributed by atoms with Gasteiger partial charge in [-0.25, -0.2) is 0 Å². The van der Waals surface area contributed by atoms with E-state index in [0.717, 1.165) is 39.4 Å². The van der Waals surface area contributed by atoms with Crippen molar-refractivity contribution >= 4 is 23.3 Å². The molecule has 0 N–H and O–H groups in total. The van der Waals surface area contributed by atoms with Gasteiger partial charge in [0.15, 0.2) is 0 Å². The molecule has 6 heteroatoms. The smallest absolute Gasteiger partial charge is 0.143 e. The zero-order valence-electron chi connectivity index (χ0n) is 14.6. The minimum atomic E-state index is 0.238. The van der Waals surface area contributed by atoms with Crippen LogP contribution < -0.4 is 0 Å². The zero-order chi connectivity index (χ0) is 16.8. The number of morpholine rings is 1. The monoisotopic (exact) mass is 332 g/mol. The van der Waals surface area contributed by atoms with Gasteiger partial charge in [-0.1, -0.05) is 13.8 Å². The largest absolute Gasteiger partial charge is 0.379 e. The van der Waals surface area contributed by atoms with Gasteiger partial charge in [-0.3, -0.25) is 19.4 Å². The number of rotatable bonds is 4. The lowest BCUT2D eigenvalue weighted by Gasteiger charge is -2.25. The lowest BCUT2D eigenvalue weighted by Crippen LogP contribution is -2.38. The van der Waals surface area contributed by atoms with Gasteiger partial charge in [0.05, 0.1) is 26.3 Å². The van der Waals surface area contributed by atoms with Crippen molar-refractivity contribution < 1.29 is 14.3 Å². The summed E-state index contributed by atoms with van der Waals surface area (Å²) in [6.45, 7) is 14.0. The summed E-state index contributed by atoms with van der Waals surface area (Å²) in [5, 5.41) is 0. The van der Waals surface area contributed by atoms with Crippen LogP contribution in [0.25, 0.3) is 0 Å². The van der Waals surface area contributed by atoms with Crippen LogP contribution in [0.4, 0.5) is 0 Å². The summed E-state index contributed by atoms with van der Waals surface area (Å²) in [7, 11) is 0. The van der Waals surface area contributed by atoms with Gasteiger partial charge in [-0.05, 0) is 13.8 Å². The highest BCUT2D eigenvalue weighted by atomic mass is 32.2. The molecule has 5 nitrogen and oxygen atoms in total. The minimum Gasteiger partial charge on any atom is -0.379 e. The highest BCUT2D eigenvalue weighted by Gasteiger charge is 2.11. The average molecular weight is 333 g/mol. The number of ether oxygens (including phenoxy) is 1. The number of carbonyl (C=O) groups is 2. The van der Waals surface area contributed by atoms with E-state index in [4.69, 9.17) is 4.74 Å². The molecule has 0 saturated carbocycles. The third kappa shape index (κ3) is 12.1. The van der Waals surface area contributed by atoms with E-state index >= 15 is 0 Å². The van der Waals surface area contributed by atoms with E-state index in [9.17, 15) is 9.59 Å². The van der Waals surface area contributed by atoms with E-state index in [1.54, 1.807) is 13.8 Å². The molecule has 2 heterocycles. The summed E-state index contributed by atoms with van der Waals surface area (Å²) in [6, 6.07) is 0. The summed E-state index contributed by atoms with van der Waals surface area (Å²) >= 11 is 1.97. The second-order valence-electron chi connectivity index (χ2n) is 5.18. The molecule has 0 radical (unpaired) electrons. The first-order valence-corrected chi connectivity index (χ1v) is 9.32. The fraction of sp³-hybridized carbons (Fsp3) is 0.875. The van der Waals surface area contributed by atoms with Crippen LogP contribution in [0.1, 0.15) is 27.7 Å². The highest BCUT2D eigenvalue weighted by Crippen LogP contribution is 2.08. The topological polar surface area (TPSA) is 49.9 Å². The molecule has 0 aromatic rings. The molecule has 2 aliphatic rings. The summed E-state index contributed by atoms with van der Waals surface area (Å²) < 4.78 is 5.13. The fourth-order valence-electron chi connectivity index (χ4n) is 2.15. The second-order valence-corrected chi connectivity index (χ2v) is 6.41. The van der Waals surface area contributed by atoms with Gasteiger partial charge in [0.1, 0.15) is 11.6 Å². The molecular weight excluding hydrogens is 300 g/mol. The van der Waals surface area contributed by atoms with Crippen LogP contribution in [0.3, 0.4) is 0 Å². The molecule has 2 saturated heterocycles. The predicted molar refractivity (Wildman–Crippen MR) is 93.7 cm³/mol. The zero-order valence-corrected chi connectivity index (χ0v) is 15.4. The van der Waals surface area contributed by atoms with Crippen LogP contribution in [-0.2, 0) is 14.3 Å². The van der Waals surface area contributed by atoms with Crippen molar-refractivity contribution in [2.45, 2.75) is 27.7 Å². The number of ketones is 2. The Hall–Kier alpha value is -0.430. The summed E-state index contributed by atoms with van der Waals surface area (Å²) in [5.74, 6) is 2.90. The molecule has 22 heavy (non-hydrogen) atoms. The van der Waals surface area contributed by atoms with Gasteiger partial charge in [0.25, 0.3) is 0 Å². The molecule has 2 fully saturated rings. The van der Waals surface area contributed by atoms with Gasteiger partial charge in [-0.15, -0.1) is 0 Å². The van der Waals surface area contributed by atoms with Crippen molar-refractivity contribution in [3.05, 3.63) is 0 Å². The van der Waals surface area contributed by atoms with E-state index in [1.165, 1.54) is 11.5 Å². The molecule has 130 valence electrons.